The first-order valence-electron chi connectivity index (χ1n) is 6.39. The van der Waals surface area contributed by atoms with Gasteiger partial charge in [0.15, 0.2) is 5.82 Å². The third-order valence-electron chi connectivity index (χ3n) is 2.93. The summed E-state index contributed by atoms with van der Waals surface area (Å²) in [6.07, 6.45) is 0. The Bertz CT molecular complexity index is 543. The third kappa shape index (κ3) is 2.38. The topological polar surface area (TPSA) is 29.9 Å². The molecule has 1 heterocycles. The predicted octanol–water partition coefficient (Wildman–Crippen LogP) is 3.25. The van der Waals surface area contributed by atoms with Gasteiger partial charge in [-0.15, -0.1) is 0 Å². The van der Waals surface area contributed by atoms with E-state index in [-0.39, 0.29) is 11.9 Å². The quantitative estimate of drug-likeness (QED) is 0.901. The molecule has 18 heavy (non-hydrogen) atoms. The molecule has 1 aromatic heterocycles. The summed E-state index contributed by atoms with van der Waals surface area (Å²) in [7, 11) is 0. The highest BCUT2D eigenvalue weighted by Gasteiger charge is 2.15. The molecular formula is C14H20FN3. The molecule has 0 amide bonds. The van der Waals surface area contributed by atoms with Gasteiger partial charge in [0.25, 0.3) is 0 Å². The first-order valence-corrected chi connectivity index (χ1v) is 6.39. The molecule has 2 aromatic rings. The highest BCUT2D eigenvalue weighted by molar-refractivity contribution is 5.76. The van der Waals surface area contributed by atoms with Crippen molar-refractivity contribution in [1.82, 2.24) is 14.9 Å². The average molecular weight is 249 g/mol. The van der Waals surface area contributed by atoms with Crippen LogP contribution < -0.4 is 5.32 Å². The van der Waals surface area contributed by atoms with E-state index in [2.05, 4.69) is 42.6 Å². The molecule has 0 aliphatic carbocycles. The zero-order chi connectivity index (χ0) is 13.3. The van der Waals surface area contributed by atoms with E-state index in [1.807, 2.05) is 6.07 Å². The molecule has 0 bridgehead atoms. The molecule has 0 radical (unpaired) electrons. The van der Waals surface area contributed by atoms with Crippen molar-refractivity contribution < 1.29 is 4.39 Å². The lowest BCUT2D eigenvalue weighted by Gasteiger charge is -2.14. The zero-order valence-electron chi connectivity index (χ0n) is 11.4. The van der Waals surface area contributed by atoms with E-state index in [1.54, 1.807) is 6.07 Å². The highest BCUT2D eigenvalue weighted by atomic mass is 19.1. The number of halogens is 1. The van der Waals surface area contributed by atoms with Gasteiger partial charge in [0.2, 0.25) is 0 Å². The van der Waals surface area contributed by atoms with E-state index in [9.17, 15) is 4.39 Å². The van der Waals surface area contributed by atoms with E-state index < -0.39 is 0 Å². The van der Waals surface area contributed by atoms with E-state index >= 15 is 0 Å². The van der Waals surface area contributed by atoms with Gasteiger partial charge < -0.3 is 9.88 Å². The summed E-state index contributed by atoms with van der Waals surface area (Å²) in [6, 6.07) is 5.76. The van der Waals surface area contributed by atoms with Crippen molar-refractivity contribution in [2.45, 2.75) is 46.3 Å². The lowest BCUT2D eigenvalue weighted by molar-refractivity contribution is 0.523. The van der Waals surface area contributed by atoms with Crippen LogP contribution in [0.1, 0.15) is 39.6 Å². The number of fused-ring (bicyclic) bond motifs is 1. The van der Waals surface area contributed by atoms with Crippen LogP contribution in [0.15, 0.2) is 18.2 Å². The number of hydrogen-bond acceptors (Lipinski definition) is 2. The molecule has 0 saturated carbocycles. The Morgan fingerprint density at radius 2 is 2.00 bits per heavy atom. The summed E-state index contributed by atoms with van der Waals surface area (Å²) in [5.74, 6) is 0.636. The summed E-state index contributed by atoms with van der Waals surface area (Å²) in [6.45, 7) is 9.01. The van der Waals surface area contributed by atoms with Gasteiger partial charge in [0.05, 0.1) is 12.1 Å². The van der Waals surface area contributed by atoms with Crippen LogP contribution in [0.4, 0.5) is 4.39 Å². The first kappa shape index (κ1) is 13.0. The van der Waals surface area contributed by atoms with Crippen molar-refractivity contribution in [3.8, 4) is 0 Å². The van der Waals surface area contributed by atoms with Gasteiger partial charge in [-0.3, -0.25) is 0 Å². The maximum Gasteiger partial charge on any atom is 0.151 e. The van der Waals surface area contributed by atoms with Gasteiger partial charge in [-0.1, -0.05) is 19.9 Å². The number of hydrogen-bond donors (Lipinski definition) is 1. The number of aromatic nitrogens is 2. The maximum atomic E-state index is 13.7. The fourth-order valence-electron chi connectivity index (χ4n) is 2.13. The highest BCUT2D eigenvalue weighted by Crippen LogP contribution is 2.23. The minimum atomic E-state index is -0.252. The van der Waals surface area contributed by atoms with Crippen molar-refractivity contribution in [3.05, 3.63) is 29.8 Å². The van der Waals surface area contributed by atoms with Crippen molar-refractivity contribution in [2.24, 2.45) is 0 Å². The number of benzene rings is 1. The summed E-state index contributed by atoms with van der Waals surface area (Å²) in [5.41, 5.74) is 1.33. The Morgan fingerprint density at radius 3 is 2.61 bits per heavy atom. The molecule has 0 saturated heterocycles. The van der Waals surface area contributed by atoms with E-state index in [4.69, 9.17) is 0 Å². The molecule has 3 nitrogen and oxygen atoms in total. The van der Waals surface area contributed by atoms with Crippen LogP contribution >= 0.6 is 0 Å². The monoisotopic (exact) mass is 249 g/mol. The smallest absolute Gasteiger partial charge is 0.151 e. The number of imidazole rings is 1. The van der Waals surface area contributed by atoms with Crippen LogP contribution in [0.3, 0.4) is 0 Å². The van der Waals surface area contributed by atoms with Gasteiger partial charge in [-0.05, 0) is 26.0 Å². The Morgan fingerprint density at radius 1 is 1.28 bits per heavy atom. The lowest BCUT2D eigenvalue weighted by Crippen LogP contribution is -2.24. The second-order valence-electron chi connectivity index (χ2n) is 5.13. The zero-order valence-corrected chi connectivity index (χ0v) is 11.4. The molecule has 2 rings (SSSR count). The fourth-order valence-corrected chi connectivity index (χ4v) is 2.13. The second kappa shape index (κ2) is 5.06. The van der Waals surface area contributed by atoms with E-state index in [0.717, 1.165) is 11.3 Å². The predicted molar refractivity (Wildman–Crippen MR) is 72.1 cm³/mol. The minimum absolute atomic E-state index is 0.252. The first-order chi connectivity index (χ1) is 8.50. The minimum Gasteiger partial charge on any atom is -0.324 e. The summed E-state index contributed by atoms with van der Waals surface area (Å²) < 4.78 is 15.8. The molecule has 0 aliphatic rings. The number of nitrogens with zero attached hydrogens (tertiary/aromatic N) is 2. The Kier molecular flexibility index (Phi) is 3.66. The van der Waals surface area contributed by atoms with Crippen molar-refractivity contribution in [3.63, 3.8) is 0 Å². The molecule has 0 atom stereocenters. The van der Waals surface area contributed by atoms with Crippen molar-refractivity contribution >= 4 is 11.0 Å². The Balaban J connectivity index is 2.51. The van der Waals surface area contributed by atoms with Crippen LogP contribution in [0.25, 0.3) is 11.0 Å². The summed E-state index contributed by atoms with van der Waals surface area (Å²) in [5, 5.41) is 3.33. The van der Waals surface area contributed by atoms with E-state index in [1.165, 1.54) is 6.07 Å². The van der Waals surface area contributed by atoms with E-state index in [0.29, 0.717) is 18.1 Å². The van der Waals surface area contributed by atoms with Gasteiger partial charge in [-0.2, -0.15) is 0 Å². The summed E-state index contributed by atoms with van der Waals surface area (Å²) in [4.78, 5) is 4.43. The number of para-hydroxylation sites is 1. The molecule has 98 valence electrons. The Labute approximate surface area is 107 Å². The normalized spacial score (nSPS) is 11.9. The molecule has 1 aromatic carbocycles. The van der Waals surface area contributed by atoms with Gasteiger partial charge in [0.1, 0.15) is 11.3 Å². The van der Waals surface area contributed by atoms with Crippen LogP contribution in [0.5, 0.6) is 0 Å². The third-order valence-corrected chi connectivity index (χ3v) is 2.93. The Hall–Kier alpha value is -1.42. The molecule has 0 aliphatic heterocycles. The van der Waals surface area contributed by atoms with Gasteiger partial charge in [-0.25, -0.2) is 9.37 Å². The number of nitrogens with one attached hydrogen (secondary N) is 1. The van der Waals surface area contributed by atoms with Crippen LogP contribution in [0, 0.1) is 5.82 Å². The standard InChI is InChI=1S/C14H20FN3/c1-9(2)16-8-13-17-14-11(15)6-5-7-12(14)18(13)10(3)4/h5-7,9-10,16H,8H2,1-4H3. The largest absolute Gasteiger partial charge is 0.324 e. The van der Waals surface area contributed by atoms with Crippen LogP contribution in [0.2, 0.25) is 0 Å². The van der Waals surface area contributed by atoms with Gasteiger partial charge in [0, 0.05) is 12.1 Å². The SMILES string of the molecule is CC(C)NCc1nc2c(F)cccc2n1C(C)C. The lowest BCUT2D eigenvalue weighted by atomic mass is 10.3. The van der Waals surface area contributed by atoms with Crippen LogP contribution in [-0.4, -0.2) is 15.6 Å². The van der Waals surface area contributed by atoms with Crippen molar-refractivity contribution in [2.75, 3.05) is 0 Å². The average Bonchev–Trinajstić information content (AvgIpc) is 2.66. The molecular weight excluding hydrogens is 229 g/mol. The van der Waals surface area contributed by atoms with Crippen molar-refractivity contribution in [1.29, 1.82) is 0 Å². The molecule has 0 fully saturated rings. The fraction of sp³-hybridized carbons (Fsp3) is 0.500. The molecule has 4 heteroatoms. The van der Waals surface area contributed by atoms with Crippen LogP contribution in [-0.2, 0) is 6.54 Å². The molecule has 0 spiro atoms. The summed E-state index contributed by atoms with van der Waals surface area (Å²) >= 11 is 0. The maximum absolute atomic E-state index is 13.7. The number of rotatable bonds is 4. The molecule has 0 unspecified atom stereocenters. The van der Waals surface area contributed by atoms with Gasteiger partial charge >= 0.3 is 0 Å². The molecule has 1 N–H and O–H groups in total. The second-order valence-corrected chi connectivity index (χ2v) is 5.13.